The highest BCUT2D eigenvalue weighted by Crippen LogP contribution is 2.42. The molecule has 1 amide bonds. The Kier molecular flexibility index (Phi) is 4.52. The topological polar surface area (TPSA) is 103 Å². The summed E-state index contributed by atoms with van der Waals surface area (Å²) >= 11 is 1.37. The Bertz CT molecular complexity index is 1140. The summed E-state index contributed by atoms with van der Waals surface area (Å²) in [5, 5.41) is 4.88. The Hall–Kier alpha value is -2.91. The van der Waals surface area contributed by atoms with Gasteiger partial charge in [-0.25, -0.2) is 9.97 Å². The van der Waals surface area contributed by atoms with Crippen LogP contribution in [-0.4, -0.2) is 47.8 Å². The van der Waals surface area contributed by atoms with Crippen molar-refractivity contribution in [3.05, 3.63) is 35.0 Å². The number of nitrogen functional groups attached to an aromatic ring is 1. The second-order valence-electron chi connectivity index (χ2n) is 8.16. The molecule has 8 nitrogen and oxygen atoms in total. The number of carbonyl (C=O) groups is 1. The molecule has 0 atom stereocenters. The van der Waals surface area contributed by atoms with Crippen LogP contribution in [0.5, 0.6) is 5.75 Å². The van der Waals surface area contributed by atoms with E-state index in [1.54, 1.807) is 5.38 Å². The van der Waals surface area contributed by atoms with Gasteiger partial charge in [0.05, 0.1) is 40.4 Å². The van der Waals surface area contributed by atoms with Gasteiger partial charge >= 0.3 is 0 Å². The lowest BCUT2D eigenvalue weighted by Crippen LogP contribution is -2.36. The molecule has 0 aliphatic carbocycles. The predicted octanol–water partition coefficient (Wildman–Crippen LogP) is 3.08. The maximum atomic E-state index is 13.2. The lowest BCUT2D eigenvalue weighted by atomic mass is 10.0. The van der Waals surface area contributed by atoms with Crippen molar-refractivity contribution in [1.29, 1.82) is 0 Å². The quantitative estimate of drug-likeness (QED) is 0.665. The number of fused-ring (bicyclic) bond motifs is 2. The zero-order valence-electron chi connectivity index (χ0n) is 16.9. The van der Waals surface area contributed by atoms with Gasteiger partial charge in [0.2, 0.25) is 0 Å². The van der Waals surface area contributed by atoms with Gasteiger partial charge in [-0.15, -0.1) is 11.3 Å². The number of anilines is 3. The van der Waals surface area contributed by atoms with E-state index in [1.807, 2.05) is 12.1 Å². The molecular weight excluding hydrogens is 402 g/mol. The minimum absolute atomic E-state index is 0.216. The number of amides is 1. The van der Waals surface area contributed by atoms with Crippen LogP contribution in [-0.2, 0) is 11.2 Å². The van der Waals surface area contributed by atoms with Gasteiger partial charge in [0.25, 0.3) is 5.91 Å². The summed E-state index contributed by atoms with van der Waals surface area (Å²) in [6.45, 7) is 6.97. The number of hydrogen-bond acceptors (Lipinski definition) is 8. The third kappa shape index (κ3) is 3.33. The summed E-state index contributed by atoms with van der Waals surface area (Å²) in [4.78, 5) is 23.7. The average Bonchev–Trinajstić information content (AvgIpc) is 3.28. The fourth-order valence-corrected chi connectivity index (χ4v) is 4.93. The van der Waals surface area contributed by atoms with Crippen LogP contribution in [0.25, 0.3) is 10.2 Å². The number of nitrogens with zero attached hydrogens (tertiary/aromatic N) is 3. The second kappa shape index (κ2) is 7.10. The van der Waals surface area contributed by atoms with Crippen molar-refractivity contribution in [3.63, 3.8) is 0 Å². The molecule has 0 radical (unpaired) electrons. The maximum absolute atomic E-state index is 13.2. The van der Waals surface area contributed by atoms with Crippen molar-refractivity contribution in [1.82, 2.24) is 9.97 Å². The molecule has 156 valence electrons. The van der Waals surface area contributed by atoms with E-state index < -0.39 is 0 Å². The van der Waals surface area contributed by atoms with Gasteiger partial charge in [0.15, 0.2) is 0 Å². The van der Waals surface area contributed by atoms with E-state index in [0.29, 0.717) is 30.1 Å². The first-order valence-corrected chi connectivity index (χ1v) is 10.8. The number of ether oxygens (including phenoxy) is 2. The molecule has 30 heavy (non-hydrogen) atoms. The molecule has 1 fully saturated rings. The van der Waals surface area contributed by atoms with Gasteiger partial charge in [-0.05, 0) is 19.9 Å². The van der Waals surface area contributed by atoms with Crippen molar-refractivity contribution in [2.45, 2.75) is 25.9 Å². The highest BCUT2D eigenvalue weighted by molar-refractivity contribution is 7.18. The minimum Gasteiger partial charge on any atom is -0.487 e. The van der Waals surface area contributed by atoms with Crippen molar-refractivity contribution in [3.8, 4) is 5.75 Å². The number of thiophene rings is 1. The Morgan fingerprint density at radius 2 is 2.07 bits per heavy atom. The van der Waals surface area contributed by atoms with Gasteiger partial charge in [0.1, 0.15) is 23.5 Å². The standard InChI is InChI=1S/C21H23N5O3S/c1-21(2)9-12-7-14(15(8-16(12)29-21)26-3-5-28-6-4-26)25-20(27)13-10-30-18-17(13)23-11-24-19(18)22/h7-8,10-11H,3-6,9H2,1-2H3,(H,25,27)(H2,22,23,24). The van der Waals surface area contributed by atoms with Crippen molar-refractivity contribution in [2.24, 2.45) is 0 Å². The van der Waals surface area contributed by atoms with E-state index in [4.69, 9.17) is 15.2 Å². The SMILES string of the molecule is CC1(C)Cc2cc(NC(=O)c3csc4c(N)ncnc34)c(N3CCOCC3)cc2O1. The average molecular weight is 426 g/mol. The third-order valence-corrected chi connectivity index (χ3v) is 6.40. The number of morpholine rings is 1. The van der Waals surface area contributed by atoms with E-state index >= 15 is 0 Å². The van der Waals surface area contributed by atoms with Crippen LogP contribution < -0.4 is 20.7 Å². The molecule has 1 aromatic carbocycles. The number of carbonyl (C=O) groups excluding carboxylic acids is 1. The number of nitrogens with two attached hydrogens (primary N) is 1. The maximum Gasteiger partial charge on any atom is 0.258 e. The van der Waals surface area contributed by atoms with Crippen LogP contribution in [0.3, 0.4) is 0 Å². The number of rotatable bonds is 3. The Morgan fingerprint density at radius 1 is 1.27 bits per heavy atom. The number of hydrogen-bond donors (Lipinski definition) is 2. The van der Waals surface area contributed by atoms with Crippen LogP contribution in [0.2, 0.25) is 0 Å². The van der Waals surface area contributed by atoms with E-state index in [-0.39, 0.29) is 11.5 Å². The van der Waals surface area contributed by atoms with E-state index in [0.717, 1.165) is 46.9 Å². The summed E-state index contributed by atoms with van der Waals surface area (Å²) in [7, 11) is 0. The smallest absolute Gasteiger partial charge is 0.258 e. The van der Waals surface area contributed by atoms with Crippen molar-refractivity contribution >= 4 is 44.7 Å². The molecule has 2 aliphatic heterocycles. The molecule has 5 rings (SSSR count). The molecule has 2 aromatic heterocycles. The molecule has 0 bridgehead atoms. The largest absolute Gasteiger partial charge is 0.487 e. The third-order valence-electron chi connectivity index (χ3n) is 5.41. The number of nitrogens with one attached hydrogen (secondary N) is 1. The van der Waals surface area contributed by atoms with Gasteiger partial charge < -0.3 is 25.4 Å². The van der Waals surface area contributed by atoms with Crippen molar-refractivity contribution < 1.29 is 14.3 Å². The minimum atomic E-state index is -0.259. The molecule has 0 spiro atoms. The fourth-order valence-electron chi connectivity index (χ4n) is 4.03. The summed E-state index contributed by atoms with van der Waals surface area (Å²) in [6.07, 6.45) is 2.18. The number of benzene rings is 1. The molecule has 1 saturated heterocycles. The highest BCUT2D eigenvalue weighted by atomic mass is 32.1. The Balaban J connectivity index is 1.52. The Labute approximate surface area is 178 Å². The first kappa shape index (κ1) is 19.1. The Morgan fingerprint density at radius 3 is 2.87 bits per heavy atom. The van der Waals surface area contributed by atoms with Gasteiger partial charge in [0, 0.05) is 36.5 Å². The van der Waals surface area contributed by atoms with Crippen LogP contribution in [0, 0.1) is 0 Å². The molecule has 0 saturated carbocycles. The summed E-state index contributed by atoms with van der Waals surface area (Å²) < 4.78 is 12.4. The monoisotopic (exact) mass is 425 g/mol. The molecular formula is C21H23N5O3S. The molecule has 2 aliphatic rings. The van der Waals surface area contributed by atoms with Crippen LogP contribution in [0.1, 0.15) is 29.8 Å². The zero-order chi connectivity index (χ0) is 20.9. The van der Waals surface area contributed by atoms with E-state index in [9.17, 15) is 4.79 Å². The van der Waals surface area contributed by atoms with Crippen LogP contribution in [0.4, 0.5) is 17.2 Å². The summed E-state index contributed by atoms with van der Waals surface area (Å²) in [6, 6.07) is 4.07. The van der Waals surface area contributed by atoms with Crippen LogP contribution in [0.15, 0.2) is 23.8 Å². The molecule has 3 aromatic rings. The molecule has 0 unspecified atom stereocenters. The van der Waals surface area contributed by atoms with Crippen LogP contribution >= 0.6 is 11.3 Å². The lowest BCUT2D eigenvalue weighted by Gasteiger charge is -2.31. The second-order valence-corrected chi connectivity index (χ2v) is 9.03. The van der Waals surface area contributed by atoms with Gasteiger partial charge in [-0.1, -0.05) is 0 Å². The molecule has 9 heteroatoms. The molecule has 3 N–H and O–H groups in total. The zero-order valence-corrected chi connectivity index (χ0v) is 17.7. The first-order valence-electron chi connectivity index (χ1n) is 9.89. The first-order chi connectivity index (χ1) is 14.4. The van der Waals surface area contributed by atoms with E-state index in [1.165, 1.54) is 17.7 Å². The number of aromatic nitrogens is 2. The normalized spacial score (nSPS) is 17.6. The van der Waals surface area contributed by atoms with Gasteiger partial charge in [-0.2, -0.15) is 0 Å². The lowest BCUT2D eigenvalue weighted by molar-refractivity contribution is 0.102. The van der Waals surface area contributed by atoms with Crippen molar-refractivity contribution in [2.75, 3.05) is 42.3 Å². The predicted molar refractivity (Wildman–Crippen MR) is 118 cm³/mol. The highest BCUT2D eigenvalue weighted by Gasteiger charge is 2.32. The fraction of sp³-hybridized carbons (Fsp3) is 0.381. The summed E-state index contributed by atoms with van der Waals surface area (Å²) in [5.74, 6) is 1.04. The van der Waals surface area contributed by atoms with Gasteiger partial charge in [-0.3, -0.25) is 4.79 Å². The molecule has 4 heterocycles. The summed E-state index contributed by atoms with van der Waals surface area (Å²) in [5.41, 5.74) is 9.53. The van der Waals surface area contributed by atoms with E-state index in [2.05, 4.69) is 34.0 Å².